The van der Waals surface area contributed by atoms with Crippen molar-refractivity contribution in [3.63, 3.8) is 0 Å². The molecule has 2 fully saturated rings. The van der Waals surface area contributed by atoms with Crippen LogP contribution in [0.15, 0.2) is 102 Å². The maximum Gasteiger partial charge on any atom is 2.00 e. The first kappa shape index (κ1) is 38.4. The van der Waals surface area contributed by atoms with Crippen LogP contribution in [0.25, 0.3) is 0 Å². The van der Waals surface area contributed by atoms with Crippen LogP contribution in [-0.2, 0) is 44.3 Å². The minimum Gasteiger partial charge on any atom is -0.266 e. The molecule has 0 aliphatic heterocycles. The molecule has 2 heterocycles. The molecular weight excluding hydrogens is 792 g/mol. The maximum absolute atomic E-state index is 12.2. The number of anilines is 2. The third kappa shape index (κ3) is 10.8. The van der Waals surface area contributed by atoms with E-state index in [0.29, 0.717) is 33.4 Å². The Hall–Kier alpha value is -3.38. The molecule has 0 bridgehead atoms. The van der Waals surface area contributed by atoms with Gasteiger partial charge in [-0.3, -0.25) is 19.6 Å². The fourth-order valence-corrected chi connectivity index (χ4v) is 5.60. The summed E-state index contributed by atoms with van der Waals surface area (Å²) in [4.78, 5) is 24.3. The number of halogens is 2. The van der Waals surface area contributed by atoms with E-state index in [2.05, 4.69) is 52.3 Å². The van der Waals surface area contributed by atoms with Crippen LogP contribution in [0, 0.1) is 63.2 Å². The monoisotopic (exact) mass is 822 g/mol. The average molecular weight is 824 g/mol. The number of nitrogens with zero attached hydrogens (tertiary/aromatic N) is 8. The van der Waals surface area contributed by atoms with Crippen LogP contribution in [0.2, 0.25) is 0 Å². The number of aromatic nitrogens is 4. The van der Waals surface area contributed by atoms with Gasteiger partial charge in [-0.05, 0) is 94.4 Å². The van der Waals surface area contributed by atoms with Gasteiger partial charge in [-0.1, -0.05) is 60.7 Å². The van der Waals surface area contributed by atoms with Gasteiger partial charge in [-0.25, -0.2) is 9.36 Å². The van der Waals surface area contributed by atoms with Crippen molar-refractivity contribution in [1.29, 1.82) is 0 Å². The van der Waals surface area contributed by atoms with E-state index >= 15 is 0 Å². The van der Waals surface area contributed by atoms with E-state index in [9.17, 15) is 9.59 Å². The van der Waals surface area contributed by atoms with E-state index in [4.69, 9.17) is 0 Å². The molecule has 4 aromatic rings. The van der Waals surface area contributed by atoms with Crippen LogP contribution in [0.1, 0.15) is 11.1 Å². The largest absolute Gasteiger partial charge is 2.00 e. The van der Waals surface area contributed by atoms with Crippen LogP contribution in [-0.4, -0.2) is 32.0 Å². The Morgan fingerprint density at radius 1 is 0.633 bits per heavy atom. The van der Waals surface area contributed by atoms with Crippen LogP contribution < -0.4 is 21.1 Å². The summed E-state index contributed by atoms with van der Waals surface area (Å²) in [6, 6.07) is 19.9. The predicted octanol–water partition coefficient (Wildman–Crippen LogP) is 5.88. The molecule has 6 rings (SSSR count). The number of hydrogen-bond donors (Lipinski definition) is 0. The van der Waals surface area contributed by atoms with E-state index in [1.165, 1.54) is 9.36 Å². The average Bonchev–Trinajstić information content (AvgIpc) is 3.83. The molecular formula is C36H32Br2FeN8O2+2. The third-order valence-electron chi connectivity index (χ3n) is 7.10. The summed E-state index contributed by atoms with van der Waals surface area (Å²) in [5.41, 5.74) is 3.03. The molecule has 0 N–H and O–H groups in total. The quantitative estimate of drug-likeness (QED) is 0.113. The molecule has 10 nitrogen and oxygen atoms in total. The molecule has 13 heteroatoms. The molecule has 0 unspecified atom stereocenters. The zero-order valence-corrected chi connectivity index (χ0v) is 30.9. The zero-order valence-electron chi connectivity index (χ0n) is 26.6. The summed E-state index contributed by atoms with van der Waals surface area (Å²) in [5.74, 6) is 2.00. The number of aryl methyl sites for hydroxylation is 2. The first-order valence-corrected chi connectivity index (χ1v) is 16.5. The van der Waals surface area contributed by atoms with Crippen molar-refractivity contribution >= 4 is 55.7 Å². The molecule has 248 valence electrons. The Labute approximate surface area is 315 Å². The fourth-order valence-electron chi connectivity index (χ4n) is 4.48. The number of hydrogen-bond acceptors (Lipinski definition) is 8. The molecule has 0 spiro atoms. The molecule has 2 aromatic carbocycles. The summed E-state index contributed by atoms with van der Waals surface area (Å²) in [6.07, 6.45) is 22.5. The zero-order chi connectivity index (χ0) is 33.9. The van der Waals surface area contributed by atoms with Crippen molar-refractivity contribution in [3.05, 3.63) is 177 Å². The number of benzene rings is 2. The van der Waals surface area contributed by atoms with Crippen molar-refractivity contribution < 1.29 is 17.1 Å². The molecule has 0 amide bonds. The summed E-state index contributed by atoms with van der Waals surface area (Å²) in [6.45, 7) is 1.07. The predicted molar refractivity (Wildman–Crippen MR) is 197 cm³/mol. The van der Waals surface area contributed by atoms with Crippen LogP contribution in [0.4, 0.5) is 11.4 Å². The van der Waals surface area contributed by atoms with E-state index in [0.717, 1.165) is 23.0 Å². The van der Waals surface area contributed by atoms with Gasteiger partial charge in [0.05, 0.1) is 36.9 Å². The van der Waals surface area contributed by atoms with Crippen LogP contribution in [0.3, 0.4) is 0 Å². The van der Waals surface area contributed by atoms with Crippen molar-refractivity contribution in [2.24, 2.45) is 24.3 Å². The second-order valence-electron chi connectivity index (χ2n) is 10.6. The molecule has 0 saturated heterocycles. The number of hydrazone groups is 2. The first-order chi connectivity index (χ1) is 23.3. The van der Waals surface area contributed by atoms with Gasteiger partial charge < -0.3 is 0 Å². The van der Waals surface area contributed by atoms with Gasteiger partial charge >= 0.3 is 17.1 Å². The van der Waals surface area contributed by atoms with Crippen LogP contribution >= 0.6 is 31.9 Å². The number of rotatable bonds is 10. The molecule has 10 radical (unpaired) electrons. The molecule has 2 aliphatic carbocycles. The Morgan fingerprint density at radius 2 is 0.980 bits per heavy atom. The third-order valence-corrected chi connectivity index (χ3v) is 8.59. The second kappa shape index (κ2) is 19.1. The summed E-state index contributed by atoms with van der Waals surface area (Å²) in [7, 11) is 3.23. The van der Waals surface area contributed by atoms with Crippen molar-refractivity contribution in [2.45, 2.75) is 13.1 Å². The van der Waals surface area contributed by atoms with Crippen molar-refractivity contribution in [3.8, 4) is 0 Å². The maximum atomic E-state index is 12.2. The first-order valence-electron chi connectivity index (χ1n) is 14.9. The van der Waals surface area contributed by atoms with Gasteiger partial charge in [0, 0.05) is 38.4 Å². The van der Waals surface area contributed by atoms with Gasteiger partial charge in [-0.2, -0.15) is 20.4 Å². The minimum absolute atomic E-state index is 0. The summed E-state index contributed by atoms with van der Waals surface area (Å²) < 4.78 is 3.45. The van der Waals surface area contributed by atoms with Gasteiger partial charge in [-0.15, -0.1) is 0 Å². The molecule has 2 saturated carbocycles. The summed E-state index contributed by atoms with van der Waals surface area (Å²) in [5, 5.41) is 20.8. The van der Waals surface area contributed by atoms with Crippen LogP contribution in [0.5, 0.6) is 0 Å². The topological polar surface area (TPSA) is 101 Å². The smallest absolute Gasteiger partial charge is 0.266 e. The fraction of sp³-hybridized carbons (Fsp3) is 0.111. The van der Waals surface area contributed by atoms with E-state index in [1.54, 1.807) is 48.9 Å². The van der Waals surface area contributed by atoms with Gasteiger partial charge in [0.25, 0.3) is 11.1 Å². The van der Waals surface area contributed by atoms with E-state index in [1.807, 2.05) is 112 Å². The Bertz CT molecular complexity index is 1670. The molecule has 0 atom stereocenters. The summed E-state index contributed by atoms with van der Waals surface area (Å²) >= 11 is 6.75. The molecule has 2 aromatic heterocycles. The Kier molecular flexibility index (Phi) is 15.0. The Morgan fingerprint density at radius 3 is 1.33 bits per heavy atom. The van der Waals surface area contributed by atoms with Crippen molar-refractivity contribution in [1.82, 2.24) is 19.6 Å². The standard InChI is InChI=1S/2C18H16BrN4O.Fe/c2*1-22-18(24)17(19)16(12-20-22)23(13-15-9-3-2-4-10-15)21-11-14-7-5-6-8-14;/h2*2-12H,13H2,1H3;/q;;+2/b2*21-11+;. The van der Waals surface area contributed by atoms with E-state index in [-0.39, 0.29) is 28.2 Å². The van der Waals surface area contributed by atoms with E-state index < -0.39 is 0 Å². The molecule has 49 heavy (non-hydrogen) atoms. The SMILES string of the molecule is Cn1ncc(N(Cc2ccccc2)/N=C/[C]2[CH][CH][CH][CH]2)c(Br)c1=O.Cn1ncc(N(Cc2ccccc2)/N=C/[C]2[CH][CH][CH][CH]2)c(Br)c1=O.[Fe+2]. The minimum atomic E-state index is -0.200. The molecule has 2 aliphatic rings. The van der Waals surface area contributed by atoms with Gasteiger partial charge in [0.2, 0.25) is 0 Å². The van der Waals surface area contributed by atoms with Crippen molar-refractivity contribution in [2.75, 3.05) is 10.0 Å². The van der Waals surface area contributed by atoms with Gasteiger partial charge in [0.1, 0.15) is 8.95 Å². The Balaban J connectivity index is 0.000000216. The normalized spacial score (nSPS) is 14.9. The van der Waals surface area contributed by atoms with Gasteiger partial charge in [0.15, 0.2) is 0 Å². The second-order valence-corrected chi connectivity index (χ2v) is 12.1.